The zero-order chi connectivity index (χ0) is 22.3. The predicted molar refractivity (Wildman–Crippen MR) is 114 cm³/mol. The lowest BCUT2D eigenvalue weighted by Crippen LogP contribution is -2.39. The maximum Gasteiger partial charge on any atom is 0.235 e. The van der Waals surface area contributed by atoms with Crippen LogP contribution in [-0.4, -0.2) is 52.8 Å². The number of rotatable bonds is 10. The first-order valence-corrected chi connectivity index (χ1v) is 11.1. The van der Waals surface area contributed by atoms with Crippen LogP contribution in [0.4, 0.5) is 0 Å². The van der Waals surface area contributed by atoms with Gasteiger partial charge in [-0.1, -0.05) is 29.8 Å². The second-order valence-corrected chi connectivity index (χ2v) is 8.77. The van der Waals surface area contributed by atoms with Gasteiger partial charge in [-0.15, -0.1) is 0 Å². The summed E-state index contributed by atoms with van der Waals surface area (Å²) in [7, 11) is 0.941. The number of amides is 1. The molecule has 0 aromatic heterocycles. The maximum absolute atomic E-state index is 12.5. The molecule has 1 amide bonds. The Hall–Kier alpha value is -2.78. The normalized spacial score (nSPS) is 11.3. The summed E-state index contributed by atoms with van der Waals surface area (Å²) in [5.74, 6) is 0.941. The molecule has 0 spiro atoms. The van der Waals surface area contributed by atoms with E-state index in [2.05, 4.69) is 5.32 Å². The first kappa shape index (κ1) is 23.5. The SMILES string of the molecule is COc1ccc(CNC(=O)CN(Cc2ccc(C)cc2)S(C)(=O)=O)c(OC)c1OC. The third-order valence-corrected chi connectivity index (χ3v) is 5.73. The molecule has 0 unspecified atom stereocenters. The summed E-state index contributed by atoms with van der Waals surface area (Å²) >= 11 is 0. The van der Waals surface area contributed by atoms with E-state index in [1.165, 1.54) is 21.3 Å². The average molecular weight is 437 g/mol. The first-order valence-electron chi connectivity index (χ1n) is 9.24. The number of methoxy groups -OCH3 is 3. The van der Waals surface area contributed by atoms with E-state index in [9.17, 15) is 13.2 Å². The van der Waals surface area contributed by atoms with Crippen molar-refractivity contribution < 1.29 is 27.4 Å². The lowest BCUT2D eigenvalue weighted by Gasteiger charge is -2.20. The Balaban J connectivity index is 2.10. The number of nitrogens with one attached hydrogen (secondary N) is 1. The summed E-state index contributed by atoms with van der Waals surface area (Å²) in [6, 6.07) is 11.0. The fourth-order valence-corrected chi connectivity index (χ4v) is 3.64. The van der Waals surface area contributed by atoms with E-state index in [0.717, 1.165) is 21.7 Å². The number of carbonyl (C=O) groups is 1. The van der Waals surface area contributed by atoms with Crippen molar-refractivity contribution >= 4 is 15.9 Å². The first-order chi connectivity index (χ1) is 14.2. The zero-order valence-electron chi connectivity index (χ0n) is 17.9. The maximum atomic E-state index is 12.5. The van der Waals surface area contributed by atoms with Gasteiger partial charge in [0.15, 0.2) is 11.5 Å². The van der Waals surface area contributed by atoms with Crippen molar-refractivity contribution in [2.24, 2.45) is 0 Å². The smallest absolute Gasteiger partial charge is 0.235 e. The number of benzene rings is 2. The lowest BCUT2D eigenvalue weighted by molar-refractivity contribution is -0.121. The molecule has 2 aromatic rings. The van der Waals surface area contributed by atoms with E-state index >= 15 is 0 Å². The third kappa shape index (κ3) is 6.11. The van der Waals surface area contributed by atoms with Crippen molar-refractivity contribution in [1.82, 2.24) is 9.62 Å². The molecule has 0 saturated carbocycles. The van der Waals surface area contributed by atoms with Gasteiger partial charge in [-0.25, -0.2) is 8.42 Å². The van der Waals surface area contributed by atoms with Crippen LogP contribution in [0, 0.1) is 6.92 Å². The van der Waals surface area contributed by atoms with Crippen molar-refractivity contribution in [1.29, 1.82) is 0 Å². The van der Waals surface area contributed by atoms with Gasteiger partial charge in [0.2, 0.25) is 21.7 Å². The van der Waals surface area contributed by atoms with Crippen LogP contribution in [0.5, 0.6) is 17.2 Å². The highest BCUT2D eigenvalue weighted by Gasteiger charge is 2.21. The van der Waals surface area contributed by atoms with Gasteiger partial charge < -0.3 is 19.5 Å². The van der Waals surface area contributed by atoms with Gasteiger partial charge in [-0.3, -0.25) is 4.79 Å². The molecule has 9 heteroatoms. The monoisotopic (exact) mass is 436 g/mol. The highest BCUT2D eigenvalue weighted by Crippen LogP contribution is 2.39. The van der Waals surface area contributed by atoms with E-state index in [0.29, 0.717) is 22.8 Å². The quantitative estimate of drug-likeness (QED) is 0.613. The molecule has 0 aliphatic heterocycles. The predicted octanol–water partition coefficient (Wildman–Crippen LogP) is 2.10. The Morgan fingerprint density at radius 2 is 1.60 bits per heavy atom. The minimum atomic E-state index is -3.57. The number of hydrogen-bond donors (Lipinski definition) is 1. The second-order valence-electron chi connectivity index (χ2n) is 6.79. The summed E-state index contributed by atoms with van der Waals surface area (Å²) in [5, 5.41) is 2.74. The third-order valence-electron chi connectivity index (χ3n) is 4.53. The molecule has 0 heterocycles. The molecule has 8 nitrogen and oxygen atoms in total. The second kappa shape index (κ2) is 10.3. The Morgan fingerprint density at radius 3 is 2.13 bits per heavy atom. The fraction of sp³-hybridized carbons (Fsp3) is 0.381. The number of hydrogen-bond acceptors (Lipinski definition) is 6. The van der Waals surface area contributed by atoms with Gasteiger partial charge in [-0.05, 0) is 24.6 Å². The minimum Gasteiger partial charge on any atom is -0.493 e. The van der Waals surface area contributed by atoms with Gasteiger partial charge in [0.1, 0.15) is 0 Å². The van der Waals surface area contributed by atoms with Crippen LogP contribution in [-0.2, 0) is 27.9 Å². The molecule has 0 fully saturated rings. The van der Waals surface area contributed by atoms with Gasteiger partial charge in [0.05, 0.1) is 34.1 Å². The highest BCUT2D eigenvalue weighted by atomic mass is 32.2. The van der Waals surface area contributed by atoms with Crippen LogP contribution in [0.25, 0.3) is 0 Å². The van der Waals surface area contributed by atoms with Gasteiger partial charge in [-0.2, -0.15) is 4.31 Å². The molecule has 30 heavy (non-hydrogen) atoms. The summed E-state index contributed by atoms with van der Waals surface area (Å²) in [6.07, 6.45) is 1.09. The van der Waals surface area contributed by atoms with Crippen molar-refractivity contribution in [2.75, 3.05) is 34.1 Å². The van der Waals surface area contributed by atoms with Crippen molar-refractivity contribution in [3.63, 3.8) is 0 Å². The molecule has 0 aliphatic rings. The summed E-state index contributed by atoms with van der Waals surface area (Å²) in [6.45, 7) is 1.92. The van der Waals surface area contributed by atoms with Gasteiger partial charge in [0.25, 0.3) is 0 Å². The van der Waals surface area contributed by atoms with Crippen molar-refractivity contribution in [3.05, 3.63) is 53.1 Å². The summed E-state index contributed by atoms with van der Waals surface area (Å²) in [4.78, 5) is 12.5. The van der Waals surface area contributed by atoms with Crippen LogP contribution in [0.2, 0.25) is 0 Å². The van der Waals surface area contributed by atoms with Crippen LogP contribution in [0.1, 0.15) is 16.7 Å². The lowest BCUT2D eigenvalue weighted by atomic mass is 10.1. The fourth-order valence-electron chi connectivity index (χ4n) is 2.90. The zero-order valence-corrected chi connectivity index (χ0v) is 18.7. The number of aryl methyl sites for hydroxylation is 1. The molecule has 0 radical (unpaired) electrons. The Bertz CT molecular complexity index is 974. The standard InChI is InChI=1S/C21H28N2O6S/c1-15-6-8-16(9-7-15)13-23(30(5,25)26)14-19(24)22-12-17-10-11-18(27-2)21(29-4)20(17)28-3/h6-11H,12-14H2,1-5H3,(H,22,24). The van der Waals surface area contributed by atoms with Gasteiger partial charge in [0, 0.05) is 18.7 Å². The number of nitrogens with zero attached hydrogens (tertiary/aromatic N) is 1. The Labute approximate surface area is 177 Å². The van der Waals surface area contributed by atoms with Crippen LogP contribution < -0.4 is 19.5 Å². The van der Waals surface area contributed by atoms with E-state index < -0.39 is 15.9 Å². The van der Waals surface area contributed by atoms with Gasteiger partial charge >= 0.3 is 0 Å². The minimum absolute atomic E-state index is 0.117. The molecule has 1 N–H and O–H groups in total. The molecular formula is C21H28N2O6S. The number of ether oxygens (including phenoxy) is 3. The molecule has 2 rings (SSSR count). The van der Waals surface area contributed by atoms with E-state index in [1.807, 2.05) is 31.2 Å². The summed E-state index contributed by atoms with van der Waals surface area (Å²) in [5.41, 5.74) is 2.56. The number of sulfonamides is 1. The molecule has 0 atom stereocenters. The van der Waals surface area contributed by atoms with E-state index in [-0.39, 0.29) is 19.6 Å². The number of carbonyl (C=O) groups excluding carboxylic acids is 1. The highest BCUT2D eigenvalue weighted by molar-refractivity contribution is 7.88. The Morgan fingerprint density at radius 1 is 0.967 bits per heavy atom. The molecule has 0 saturated heterocycles. The van der Waals surface area contributed by atoms with Crippen LogP contribution in [0.15, 0.2) is 36.4 Å². The van der Waals surface area contributed by atoms with E-state index in [1.54, 1.807) is 12.1 Å². The van der Waals surface area contributed by atoms with Crippen molar-refractivity contribution in [2.45, 2.75) is 20.0 Å². The molecular weight excluding hydrogens is 408 g/mol. The largest absolute Gasteiger partial charge is 0.493 e. The van der Waals surface area contributed by atoms with Crippen LogP contribution >= 0.6 is 0 Å². The molecule has 0 bridgehead atoms. The van der Waals surface area contributed by atoms with Crippen molar-refractivity contribution in [3.8, 4) is 17.2 Å². The molecule has 0 aliphatic carbocycles. The topological polar surface area (TPSA) is 94.2 Å². The van der Waals surface area contributed by atoms with E-state index in [4.69, 9.17) is 14.2 Å². The summed E-state index contributed by atoms with van der Waals surface area (Å²) < 4.78 is 41.5. The molecule has 2 aromatic carbocycles. The molecule has 164 valence electrons. The van der Waals surface area contributed by atoms with Crippen LogP contribution in [0.3, 0.4) is 0 Å². The average Bonchev–Trinajstić information content (AvgIpc) is 2.71. The Kier molecular flexibility index (Phi) is 8.08.